The van der Waals surface area contributed by atoms with Crippen molar-refractivity contribution in [1.29, 1.82) is 0 Å². The number of aromatic nitrogens is 2. The average Bonchev–Trinajstić information content (AvgIpc) is 3.11. The molecule has 2 aromatic rings. The molecule has 1 aliphatic rings. The van der Waals surface area contributed by atoms with Gasteiger partial charge in [-0.05, 0) is 31.4 Å². The number of hydrogen-bond acceptors (Lipinski definition) is 5. The van der Waals surface area contributed by atoms with E-state index in [-0.39, 0.29) is 11.7 Å². The van der Waals surface area contributed by atoms with Gasteiger partial charge in [0.2, 0.25) is 0 Å². The predicted octanol–water partition coefficient (Wildman–Crippen LogP) is 1.38. The van der Waals surface area contributed by atoms with Crippen molar-refractivity contribution in [2.75, 3.05) is 7.11 Å². The van der Waals surface area contributed by atoms with Gasteiger partial charge in [-0.15, -0.1) is 0 Å². The zero-order chi connectivity index (χ0) is 15.5. The van der Waals surface area contributed by atoms with Gasteiger partial charge in [0.25, 0.3) is 5.91 Å². The summed E-state index contributed by atoms with van der Waals surface area (Å²) < 4.78 is 5.01. The van der Waals surface area contributed by atoms with Gasteiger partial charge in [0.1, 0.15) is 0 Å². The Morgan fingerprint density at radius 2 is 2.36 bits per heavy atom. The molecule has 0 aliphatic heterocycles. The first-order valence-corrected chi connectivity index (χ1v) is 6.96. The van der Waals surface area contributed by atoms with Gasteiger partial charge >= 0.3 is 0 Å². The van der Waals surface area contributed by atoms with E-state index in [2.05, 4.69) is 20.7 Å². The molecule has 1 heterocycles. The van der Waals surface area contributed by atoms with Crippen molar-refractivity contribution in [3.05, 3.63) is 40.7 Å². The number of carbonyl (C=O) groups is 1. The van der Waals surface area contributed by atoms with E-state index < -0.39 is 0 Å². The molecular weight excluding hydrogens is 284 g/mol. The van der Waals surface area contributed by atoms with Gasteiger partial charge < -0.3 is 9.84 Å². The van der Waals surface area contributed by atoms with Crippen LogP contribution in [0.2, 0.25) is 0 Å². The normalized spacial score (nSPS) is 13.3. The van der Waals surface area contributed by atoms with Crippen LogP contribution in [0.4, 0.5) is 0 Å². The van der Waals surface area contributed by atoms with E-state index in [4.69, 9.17) is 4.74 Å². The van der Waals surface area contributed by atoms with Crippen LogP contribution in [0.25, 0.3) is 0 Å². The van der Waals surface area contributed by atoms with Crippen molar-refractivity contribution >= 4 is 12.1 Å². The molecule has 22 heavy (non-hydrogen) atoms. The highest BCUT2D eigenvalue weighted by molar-refractivity contribution is 5.95. The van der Waals surface area contributed by atoms with Crippen LogP contribution in [-0.4, -0.2) is 34.5 Å². The van der Waals surface area contributed by atoms with Crippen LogP contribution in [0.15, 0.2) is 23.3 Å². The number of phenolic OH excluding ortho intramolecular Hbond substituents is 1. The highest BCUT2D eigenvalue weighted by Gasteiger charge is 2.22. The van der Waals surface area contributed by atoms with Crippen molar-refractivity contribution in [2.24, 2.45) is 5.10 Å². The second-order valence-electron chi connectivity index (χ2n) is 4.98. The van der Waals surface area contributed by atoms with E-state index in [1.165, 1.54) is 13.3 Å². The van der Waals surface area contributed by atoms with Crippen LogP contribution in [0.1, 0.15) is 33.7 Å². The van der Waals surface area contributed by atoms with E-state index in [1.54, 1.807) is 18.2 Å². The summed E-state index contributed by atoms with van der Waals surface area (Å²) in [5, 5.41) is 20.7. The molecule has 0 saturated carbocycles. The third kappa shape index (κ3) is 2.52. The number of aromatic hydroxyl groups is 1. The number of carbonyl (C=O) groups excluding carboxylic acids is 1. The summed E-state index contributed by atoms with van der Waals surface area (Å²) in [4.78, 5) is 12.1. The number of phenols is 1. The molecule has 3 N–H and O–H groups in total. The number of methoxy groups -OCH3 is 1. The Morgan fingerprint density at radius 3 is 3.18 bits per heavy atom. The zero-order valence-electron chi connectivity index (χ0n) is 12.1. The topological polar surface area (TPSA) is 99.6 Å². The Labute approximate surface area is 127 Å². The molecule has 0 radical (unpaired) electrons. The van der Waals surface area contributed by atoms with Gasteiger partial charge in [0, 0.05) is 16.8 Å². The Bertz CT molecular complexity index is 736. The largest absolute Gasteiger partial charge is 0.504 e. The minimum absolute atomic E-state index is 0.0244. The van der Waals surface area contributed by atoms with Gasteiger partial charge in [-0.25, -0.2) is 5.43 Å². The molecule has 1 aromatic heterocycles. The number of fused-ring (bicyclic) bond motifs is 1. The third-order valence-electron chi connectivity index (χ3n) is 3.64. The number of hydrogen-bond donors (Lipinski definition) is 3. The first kappa shape index (κ1) is 14.1. The molecule has 3 rings (SSSR count). The lowest BCUT2D eigenvalue weighted by molar-refractivity contribution is 0.0949. The van der Waals surface area contributed by atoms with E-state index in [9.17, 15) is 9.90 Å². The monoisotopic (exact) mass is 300 g/mol. The fraction of sp³-hybridized carbons (Fsp3) is 0.267. The SMILES string of the molecule is COc1cccc(C=NNC(=O)c2n[nH]c3c2CCC3)c1O. The number of rotatable bonds is 4. The highest BCUT2D eigenvalue weighted by Crippen LogP contribution is 2.28. The van der Waals surface area contributed by atoms with Crippen molar-refractivity contribution in [3.63, 3.8) is 0 Å². The summed E-state index contributed by atoms with van der Waals surface area (Å²) >= 11 is 0. The number of hydrazone groups is 1. The summed E-state index contributed by atoms with van der Waals surface area (Å²) in [5.74, 6) is -0.0397. The molecule has 0 unspecified atom stereocenters. The second-order valence-corrected chi connectivity index (χ2v) is 4.98. The number of benzene rings is 1. The van der Waals surface area contributed by atoms with Crippen LogP contribution >= 0.6 is 0 Å². The lowest BCUT2D eigenvalue weighted by Crippen LogP contribution is -2.19. The minimum Gasteiger partial charge on any atom is -0.504 e. The first-order chi connectivity index (χ1) is 10.7. The molecule has 1 aliphatic carbocycles. The summed E-state index contributed by atoms with van der Waals surface area (Å²) in [5.41, 5.74) is 5.26. The molecule has 1 aromatic carbocycles. The molecule has 0 atom stereocenters. The molecule has 0 bridgehead atoms. The molecule has 114 valence electrons. The lowest BCUT2D eigenvalue weighted by atomic mass is 10.2. The quantitative estimate of drug-likeness (QED) is 0.586. The van der Waals surface area contributed by atoms with Crippen molar-refractivity contribution in [2.45, 2.75) is 19.3 Å². The number of amides is 1. The summed E-state index contributed by atoms with van der Waals surface area (Å²) in [6.07, 6.45) is 4.18. The number of aromatic amines is 1. The maximum atomic E-state index is 12.1. The fourth-order valence-corrected chi connectivity index (χ4v) is 2.53. The van der Waals surface area contributed by atoms with Crippen LogP contribution in [0.5, 0.6) is 11.5 Å². The Morgan fingerprint density at radius 1 is 1.50 bits per heavy atom. The number of ether oxygens (including phenoxy) is 1. The van der Waals surface area contributed by atoms with Crippen LogP contribution < -0.4 is 10.2 Å². The number of H-pyrrole nitrogens is 1. The van der Waals surface area contributed by atoms with Gasteiger partial charge in [-0.1, -0.05) is 6.07 Å². The standard InChI is InChI=1S/C15H16N4O3/c1-22-12-7-2-4-9(14(12)20)8-16-19-15(21)13-10-5-3-6-11(10)17-18-13/h2,4,7-8,20H,3,5-6H2,1H3,(H,17,18)(H,19,21). The van der Waals surface area contributed by atoms with Crippen LogP contribution in [0, 0.1) is 0 Å². The molecule has 0 saturated heterocycles. The fourth-order valence-electron chi connectivity index (χ4n) is 2.53. The number of aryl methyl sites for hydroxylation is 1. The van der Waals surface area contributed by atoms with Crippen LogP contribution in [-0.2, 0) is 12.8 Å². The molecule has 7 heteroatoms. The Balaban J connectivity index is 1.71. The second kappa shape index (κ2) is 5.88. The van der Waals surface area contributed by atoms with E-state index in [1.807, 2.05) is 0 Å². The number of nitrogens with zero attached hydrogens (tertiary/aromatic N) is 2. The third-order valence-corrected chi connectivity index (χ3v) is 3.64. The van der Waals surface area contributed by atoms with E-state index in [0.29, 0.717) is 17.0 Å². The summed E-state index contributed by atoms with van der Waals surface area (Å²) in [6.45, 7) is 0. The molecule has 7 nitrogen and oxygen atoms in total. The Kier molecular flexibility index (Phi) is 3.78. The lowest BCUT2D eigenvalue weighted by Gasteiger charge is -2.04. The summed E-state index contributed by atoms with van der Waals surface area (Å²) in [6, 6.07) is 5.03. The van der Waals surface area contributed by atoms with Gasteiger partial charge in [-0.3, -0.25) is 9.89 Å². The van der Waals surface area contributed by atoms with Crippen molar-refractivity contribution in [1.82, 2.24) is 15.6 Å². The van der Waals surface area contributed by atoms with Crippen molar-refractivity contribution in [3.8, 4) is 11.5 Å². The van der Waals surface area contributed by atoms with Crippen molar-refractivity contribution < 1.29 is 14.6 Å². The maximum absolute atomic E-state index is 12.1. The minimum atomic E-state index is -0.363. The average molecular weight is 300 g/mol. The predicted molar refractivity (Wildman–Crippen MR) is 80.3 cm³/mol. The smallest absolute Gasteiger partial charge is 0.292 e. The molecule has 0 fully saturated rings. The zero-order valence-corrected chi connectivity index (χ0v) is 12.1. The Hall–Kier alpha value is -2.83. The van der Waals surface area contributed by atoms with Gasteiger partial charge in [0.15, 0.2) is 17.2 Å². The number of para-hydroxylation sites is 1. The summed E-state index contributed by atoms with van der Waals surface area (Å²) in [7, 11) is 1.47. The molecule has 0 spiro atoms. The maximum Gasteiger partial charge on any atom is 0.292 e. The number of nitrogens with one attached hydrogen (secondary N) is 2. The highest BCUT2D eigenvalue weighted by atomic mass is 16.5. The van der Waals surface area contributed by atoms with Crippen LogP contribution in [0.3, 0.4) is 0 Å². The van der Waals surface area contributed by atoms with E-state index >= 15 is 0 Å². The van der Waals surface area contributed by atoms with Gasteiger partial charge in [0.05, 0.1) is 13.3 Å². The molecular formula is C15H16N4O3. The first-order valence-electron chi connectivity index (χ1n) is 6.96. The van der Waals surface area contributed by atoms with Gasteiger partial charge in [-0.2, -0.15) is 10.2 Å². The molecule has 1 amide bonds. The van der Waals surface area contributed by atoms with E-state index in [0.717, 1.165) is 30.5 Å².